The van der Waals surface area contributed by atoms with Crippen LogP contribution >= 0.6 is 11.6 Å². The van der Waals surface area contributed by atoms with Gasteiger partial charge in [-0.05, 0) is 24.6 Å². The molecule has 0 aliphatic carbocycles. The first-order valence-electron chi connectivity index (χ1n) is 7.82. The number of nitrogens with one attached hydrogen (secondary N) is 3. The molecule has 0 radical (unpaired) electrons. The van der Waals surface area contributed by atoms with Crippen LogP contribution in [0.3, 0.4) is 0 Å². The first-order valence-corrected chi connectivity index (χ1v) is 8.20. The molecule has 0 aliphatic rings. The molecule has 0 spiro atoms. The number of carbonyl (C=O) groups is 2. The van der Waals surface area contributed by atoms with Crippen LogP contribution in [0.15, 0.2) is 27.8 Å². The molecule has 0 atom stereocenters. The van der Waals surface area contributed by atoms with E-state index in [-0.39, 0.29) is 24.8 Å². The van der Waals surface area contributed by atoms with Crippen molar-refractivity contribution in [3.05, 3.63) is 44.1 Å². The summed E-state index contributed by atoms with van der Waals surface area (Å²) in [6.45, 7) is 2.21. The van der Waals surface area contributed by atoms with Gasteiger partial charge in [0.15, 0.2) is 0 Å². The molecule has 1 aromatic carbocycles. The lowest BCUT2D eigenvalue weighted by Gasteiger charge is -2.08. The second kappa shape index (κ2) is 8.48. The average molecular weight is 367 g/mol. The van der Waals surface area contributed by atoms with Crippen LogP contribution in [0.5, 0.6) is 0 Å². The Hall–Kier alpha value is -2.61. The molecule has 1 heterocycles. The summed E-state index contributed by atoms with van der Waals surface area (Å²) in [5, 5.41) is 6.00. The van der Waals surface area contributed by atoms with E-state index in [1.165, 1.54) is 13.0 Å². The SMILES string of the molecule is CC(=O)NCCNC(=O)CCCn1c(=O)[nH]c2cc(Cl)ccc2c1=O. The highest BCUT2D eigenvalue weighted by Crippen LogP contribution is 2.13. The van der Waals surface area contributed by atoms with Crippen LogP contribution in [0.2, 0.25) is 5.02 Å². The van der Waals surface area contributed by atoms with Gasteiger partial charge in [-0.15, -0.1) is 0 Å². The van der Waals surface area contributed by atoms with E-state index in [1.807, 2.05) is 0 Å². The molecular weight excluding hydrogens is 348 g/mol. The maximum atomic E-state index is 12.4. The normalized spacial score (nSPS) is 10.6. The summed E-state index contributed by atoms with van der Waals surface area (Å²) in [6.07, 6.45) is 0.513. The Kier molecular flexibility index (Phi) is 6.35. The lowest BCUT2D eigenvalue weighted by Crippen LogP contribution is -2.36. The molecule has 9 heteroatoms. The van der Waals surface area contributed by atoms with Crippen molar-refractivity contribution in [1.82, 2.24) is 20.2 Å². The molecule has 2 amide bonds. The predicted molar refractivity (Wildman–Crippen MR) is 94.8 cm³/mol. The smallest absolute Gasteiger partial charge is 0.328 e. The quantitative estimate of drug-likeness (QED) is 0.614. The molecule has 134 valence electrons. The van der Waals surface area contributed by atoms with Gasteiger partial charge in [0.05, 0.1) is 10.9 Å². The summed E-state index contributed by atoms with van der Waals surface area (Å²) in [7, 11) is 0. The van der Waals surface area contributed by atoms with E-state index in [0.717, 1.165) is 4.57 Å². The van der Waals surface area contributed by atoms with Crippen LogP contribution in [0, 0.1) is 0 Å². The van der Waals surface area contributed by atoms with Crippen LogP contribution in [-0.2, 0) is 16.1 Å². The van der Waals surface area contributed by atoms with Gasteiger partial charge in [-0.1, -0.05) is 11.6 Å². The molecule has 0 unspecified atom stereocenters. The van der Waals surface area contributed by atoms with Crippen molar-refractivity contribution in [3.63, 3.8) is 0 Å². The van der Waals surface area contributed by atoms with Crippen LogP contribution in [-0.4, -0.2) is 34.5 Å². The van der Waals surface area contributed by atoms with Gasteiger partial charge in [0, 0.05) is 38.0 Å². The Balaban J connectivity index is 1.94. The summed E-state index contributed by atoms with van der Waals surface area (Å²) >= 11 is 5.85. The second-order valence-electron chi connectivity index (χ2n) is 5.51. The van der Waals surface area contributed by atoms with E-state index in [9.17, 15) is 19.2 Å². The highest BCUT2D eigenvalue weighted by atomic mass is 35.5. The van der Waals surface area contributed by atoms with E-state index >= 15 is 0 Å². The summed E-state index contributed by atoms with van der Waals surface area (Å²) in [4.78, 5) is 49.4. The summed E-state index contributed by atoms with van der Waals surface area (Å²) in [5.74, 6) is -0.368. The molecular formula is C16H19ClN4O4. The van der Waals surface area contributed by atoms with Gasteiger partial charge >= 0.3 is 5.69 Å². The molecule has 1 aromatic heterocycles. The van der Waals surface area contributed by atoms with Crippen molar-refractivity contribution in [2.75, 3.05) is 13.1 Å². The third kappa shape index (κ3) is 5.18. The molecule has 0 saturated heterocycles. The number of halogens is 1. The fraction of sp³-hybridized carbons (Fsp3) is 0.375. The van der Waals surface area contributed by atoms with E-state index in [0.29, 0.717) is 35.4 Å². The number of nitrogens with zero attached hydrogens (tertiary/aromatic N) is 1. The first-order chi connectivity index (χ1) is 11.9. The van der Waals surface area contributed by atoms with Gasteiger partial charge in [0.1, 0.15) is 0 Å². The van der Waals surface area contributed by atoms with Gasteiger partial charge in [-0.25, -0.2) is 4.79 Å². The molecule has 3 N–H and O–H groups in total. The summed E-state index contributed by atoms with van der Waals surface area (Å²) in [6, 6.07) is 4.66. The maximum Gasteiger partial charge on any atom is 0.328 e. The minimum absolute atomic E-state index is 0.131. The number of fused-ring (bicyclic) bond motifs is 1. The van der Waals surface area contributed by atoms with Crippen molar-refractivity contribution in [2.24, 2.45) is 0 Å². The largest absolute Gasteiger partial charge is 0.355 e. The van der Waals surface area contributed by atoms with Crippen molar-refractivity contribution >= 4 is 34.3 Å². The molecule has 0 fully saturated rings. The minimum Gasteiger partial charge on any atom is -0.355 e. The maximum absolute atomic E-state index is 12.4. The topological polar surface area (TPSA) is 113 Å². The lowest BCUT2D eigenvalue weighted by atomic mass is 10.2. The van der Waals surface area contributed by atoms with Gasteiger partial charge in [0.2, 0.25) is 11.8 Å². The van der Waals surface area contributed by atoms with Gasteiger partial charge in [0.25, 0.3) is 5.56 Å². The van der Waals surface area contributed by atoms with Crippen molar-refractivity contribution < 1.29 is 9.59 Å². The number of aromatic amines is 1. The number of hydrogen-bond donors (Lipinski definition) is 3. The molecule has 25 heavy (non-hydrogen) atoms. The highest BCUT2D eigenvalue weighted by Gasteiger charge is 2.09. The minimum atomic E-state index is -0.536. The predicted octanol–water partition coefficient (Wildman–Crippen LogP) is 0.376. The van der Waals surface area contributed by atoms with E-state index in [1.54, 1.807) is 12.1 Å². The van der Waals surface area contributed by atoms with E-state index in [4.69, 9.17) is 11.6 Å². The van der Waals surface area contributed by atoms with Crippen LogP contribution < -0.4 is 21.9 Å². The number of H-pyrrole nitrogens is 1. The monoisotopic (exact) mass is 366 g/mol. The van der Waals surface area contributed by atoms with Crippen LogP contribution in [0.1, 0.15) is 19.8 Å². The zero-order chi connectivity index (χ0) is 18.4. The van der Waals surface area contributed by atoms with Crippen molar-refractivity contribution in [2.45, 2.75) is 26.3 Å². The first kappa shape index (κ1) is 18.7. The zero-order valence-corrected chi connectivity index (χ0v) is 14.5. The Labute approximate surface area is 148 Å². The zero-order valence-electron chi connectivity index (χ0n) is 13.7. The molecule has 8 nitrogen and oxygen atoms in total. The van der Waals surface area contributed by atoms with Gasteiger partial charge in [-0.3, -0.25) is 19.0 Å². The molecule has 2 aromatic rings. The van der Waals surface area contributed by atoms with Gasteiger partial charge < -0.3 is 15.6 Å². The van der Waals surface area contributed by atoms with E-state index in [2.05, 4.69) is 15.6 Å². The fourth-order valence-electron chi connectivity index (χ4n) is 2.36. The summed E-state index contributed by atoms with van der Waals surface area (Å²) in [5.41, 5.74) is -0.568. The third-order valence-corrected chi connectivity index (χ3v) is 3.79. The Morgan fingerprint density at radius 3 is 2.64 bits per heavy atom. The summed E-state index contributed by atoms with van der Waals surface area (Å²) < 4.78 is 1.07. The van der Waals surface area contributed by atoms with Crippen LogP contribution in [0.25, 0.3) is 10.9 Å². The number of hydrogen-bond acceptors (Lipinski definition) is 4. The number of rotatable bonds is 7. The molecule has 0 bridgehead atoms. The third-order valence-electron chi connectivity index (χ3n) is 3.55. The number of carbonyl (C=O) groups excluding carboxylic acids is 2. The second-order valence-corrected chi connectivity index (χ2v) is 5.95. The molecule has 0 saturated carbocycles. The Morgan fingerprint density at radius 2 is 1.92 bits per heavy atom. The highest BCUT2D eigenvalue weighted by molar-refractivity contribution is 6.31. The Bertz CT molecular complexity index is 903. The number of amides is 2. The number of aromatic nitrogens is 2. The lowest BCUT2D eigenvalue weighted by molar-refractivity contribution is -0.122. The number of benzene rings is 1. The molecule has 2 rings (SSSR count). The van der Waals surface area contributed by atoms with Crippen LogP contribution in [0.4, 0.5) is 0 Å². The van der Waals surface area contributed by atoms with Crippen molar-refractivity contribution in [1.29, 1.82) is 0 Å². The average Bonchev–Trinajstić information content (AvgIpc) is 2.54. The van der Waals surface area contributed by atoms with E-state index < -0.39 is 11.2 Å². The Morgan fingerprint density at radius 1 is 1.20 bits per heavy atom. The fourth-order valence-corrected chi connectivity index (χ4v) is 2.53. The van der Waals surface area contributed by atoms with Gasteiger partial charge in [-0.2, -0.15) is 0 Å². The van der Waals surface area contributed by atoms with Crippen molar-refractivity contribution in [3.8, 4) is 0 Å². The standard InChI is InChI=1S/C16H19ClN4O4/c1-10(22)18-6-7-19-14(23)3-2-8-21-15(24)12-5-4-11(17)9-13(12)20-16(21)25/h4-5,9H,2-3,6-8H2,1H3,(H,18,22)(H,19,23)(H,20,25). The molecule has 0 aliphatic heterocycles.